The first-order chi connectivity index (χ1) is 14.5. The third kappa shape index (κ3) is 13.8. The molecular weight excluding hydrogens is 507 g/mol. The topological polar surface area (TPSA) is 67.4 Å². The molecule has 0 aromatic heterocycles. The minimum absolute atomic E-state index is 0. The standard InChI is InChI=1S/C23H42N4O3.HI/c1-7-24-23(26-18-21(29-9-3)12-13-27(5)6)25-17-20-11-10-19(4)16-22(20)30-15-14-28-8-2;/h10-11,16,21H,7-9,12-15,17-18H2,1-6H3,(H2,24,25,26);1H. The van der Waals surface area contributed by atoms with Gasteiger partial charge in [-0.3, -0.25) is 0 Å². The molecule has 0 radical (unpaired) electrons. The number of ether oxygens (including phenoxy) is 3. The van der Waals surface area contributed by atoms with Crippen molar-refractivity contribution in [3.63, 3.8) is 0 Å². The van der Waals surface area contributed by atoms with E-state index in [2.05, 4.69) is 61.7 Å². The van der Waals surface area contributed by atoms with Crippen LogP contribution in [0.15, 0.2) is 23.2 Å². The fourth-order valence-corrected chi connectivity index (χ4v) is 2.88. The molecule has 0 fully saturated rings. The van der Waals surface area contributed by atoms with E-state index in [4.69, 9.17) is 19.2 Å². The van der Waals surface area contributed by atoms with Crippen molar-refractivity contribution in [1.82, 2.24) is 15.5 Å². The maximum absolute atomic E-state index is 5.94. The van der Waals surface area contributed by atoms with E-state index < -0.39 is 0 Å². The molecule has 0 bridgehead atoms. The van der Waals surface area contributed by atoms with Crippen molar-refractivity contribution in [3.8, 4) is 5.75 Å². The summed E-state index contributed by atoms with van der Waals surface area (Å²) in [5, 5.41) is 6.74. The SMILES string of the molecule is CCNC(=NCc1ccc(C)cc1OCCOCC)NCC(CCN(C)C)OCC.I. The van der Waals surface area contributed by atoms with E-state index in [0.717, 1.165) is 43.3 Å². The highest BCUT2D eigenvalue weighted by atomic mass is 127. The minimum Gasteiger partial charge on any atom is -0.491 e. The molecule has 1 aromatic rings. The summed E-state index contributed by atoms with van der Waals surface area (Å²) in [4.78, 5) is 6.94. The minimum atomic E-state index is 0. The maximum atomic E-state index is 5.94. The molecule has 7 nitrogen and oxygen atoms in total. The second-order valence-electron chi connectivity index (χ2n) is 7.40. The number of nitrogens with zero attached hydrogens (tertiary/aromatic N) is 2. The molecule has 0 aliphatic heterocycles. The summed E-state index contributed by atoms with van der Waals surface area (Å²) in [7, 11) is 4.16. The molecule has 0 aliphatic carbocycles. The Morgan fingerprint density at radius 1 is 1.10 bits per heavy atom. The molecule has 0 saturated carbocycles. The van der Waals surface area contributed by atoms with Crippen LogP contribution in [0.2, 0.25) is 0 Å². The van der Waals surface area contributed by atoms with E-state index in [9.17, 15) is 0 Å². The van der Waals surface area contributed by atoms with Gasteiger partial charge in [-0.15, -0.1) is 24.0 Å². The highest BCUT2D eigenvalue weighted by Crippen LogP contribution is 2.21. The molecule has 1 unspecified atom stereocenters. The summed E-state index contributed by atoms with van der Waals surface area (Å²) >= 11 is 0. The molecule has 1 rings (SSSR count). The molecule has 1 aromatic carbocycles. The summed E-state index contributed by atoms with van der Waals surface area (Å²) in [5.41, 5.74) is 2.22. The monoisotopic (exact) mass is 550 g/mol. The first-order valence-electron chi connectivity index (χ1n) is 11.1. The summed E-state index contributed by atoms with van der Waals surface area (Å²) in [6.45, 7) is 13.7. The lowest BCUT2D eigenvalue weighted by Crippen LogP contribution is -2.42. The first kappa shape index (κ1) is 29.9. The van der Waals surface area contributed by atoms with E-state index in [1.165, 1.54) is 5.56 Å². The van der Waals surface area contributed by atoms with Crippen molar-refractivity contribution in [2.45, 2.75) is 46.8 Å². The Labute approximate surface area is 206 Å². The number of rotatable bonds is 15. The van der Waals surface area contributed by atoms with E-state index in [0.29, 0.717) is 33.0 Å². The smallest absolute Gasteiger partial charge is 0.191 e. The average molecular weight is 551 g/mol. The van der Waals surface area contributed by atoms with Crippen LogP contribution >= 0.6 is 24.0 Å². The van der Waals surface area contributed by atoms with Crippen LogP contribution in [-0.2, 0) is 16.0 Å². The molecule has 8 heteroatoms. The first-order valence-corrected chi connectivity index (χ1v) is 11.1. The highest BCUT2D eigenvalue weighted by Gasteiger charge is 2.11. The van der Waals surface area contributed by atoms with Gasteiger partial charge < -0.3 is 29.7 Å². The third-order valence-electron chi connectivity index (χ3n) is 4.46. The van der Waals surface area contributed by atoms with Gasteiger partial charge in [0.05, 0.1) is 19.3 Å². The molecule has 0 amide bonds. The highest BCUT2D eigenvalue weighted by molar-refractivity contribution is 14.0. The van der Waals surface area contributed by atoms with Gasteiger partial charge in [0, 0.05) is 38.4 Å². The van der Waals surface area contributed by atoms with Crippen molar-refractivity contribution in [2.75, 3.05) is 60.2 Å². The number of halogens is 1. The Morgan fingerprint density at radius 3 is 2.52 bits per heavy atom. The summed E-state index contributed by atoms with van der Waals surface area (Å²) in [6, 6.07) is 6.23. The predicted octanol–water partition coefficient (Wildman–Crippen LogP) is 3.44. The van der Waals surface area contributed by atoms with E-state index in [1.54, 1.807) is 0 Å². The molecule has 180 valence electrons. The second-order valence-corrected chi connectivity index (χ2v) is 7.40. The number of benzene rings is 1. The fourth-order valence-electron chi connectivity index (χ4n) is 2.88. The van der Waals surface area contributed by atoms with Gasteiger partial charge in [0.2, 0.25) is 0 Å². The lowest BCUT2D eigenvalue weighted by atomic mass is 10.1. The fraction of sp³-hybridized carbons (Fsp3) is 0.696. The van der Waals surface area contributed by atoms with Gasteiger partial charge in [-0.1, -0.05) is 12.1 Å². The van der Waals surface area contributed by atoms with Gasteiger partial charge in [0.25, 0.3) is 0 Å². The van der Waals surface area contributed by atoms with Crippen LogP contribution in [0.25, 0.3) is 0 Å². The number of guanidine groups is 1. The normalized spacial score (nSPS) is 12.4. The Hall–Kier alpha value is -1.10. The van der Waals surface area contributed by atoms with E-state index in [1.807, 2.05) is 13.8 Å². The largest absolute Gasteiger partial charge is 0.491 e. The van der Waals surface area contributed by atoms with Crippen LogP contribution in [0.5, 0.6) is 5.75 Å². The summed E-state index contributed by atoms with van der Waals surface area (Å²) in [5.74, 6) is 1.65. The molecule has 0 heterocycles. The third-order valence-corrected chi connectivity index (χ3v) is 4.46. The average Bonchev–Trinajstić information content (AvgIpc) is 2.72. The quantitative estimate of drug-likeness (QED) is 0.151. The molecule has 2 N–H and O–H groups in total. The Balaban J connectivity index is 0.00000900. The van der Waals surface area contributed by atoms with Crippen LogP contribution < -0.4 is 15.4 Å². The van der Waals surface area contributed by atoms with Crippen molar-refractivity contribution in [3.05, 3.63) is 29.3 Å². The van der Waals surface area contributed by atoms with Gasteiger partial charge in [0.1, 0.15) is 12.4 Å². The van der Waals surface area contributed by atoms with Crippen LogP contribution in [0.4, 0.5) is 0 Å². The zero-order valence-corrected chi connectivity index (χ0v) is 22.5. The molecule has 0 saturated heterocycles. The van der Waals surface area contributed by atoms with E-state index in [-0.39, 0.29) is 30.1 Å². The zero-order valence-electron chi connectivity index (χ0n) is 20.2. The molecule has 31 heavy (non-hydrogen) atoms. The molecule has 0 aliphatic rings. The van der Waals surface area contributed by atoms with Gasteiger partial charge in [-0.05, 0) is 59.8 Å². The number of hydrogen-bond acceptors (Lipinski definition) is 5. The van der Waals surface area contributed by atoms with Crippen molar-refractivity contribution in [2.24, 2.45) is 4.99 Å². The Kier molecular flexibility index (Phi) is 17.8. The number of aryl methyl sites for hydroxylation is 1. The van der Waals surface area contributed by atoms with Gasteiger partial charge in [0.15, 0.2) is 5.96 Å². The van der Waals surface area contributed by atoms with Crippen LogP contribution in [0.1, 0.15) is 38.3 Å². The number of aliphatic imine (C=N–C) groups is 1. The number of hydrogen-bond donors (Lipinski definition) is 2. The van der Waals surface area contributed by atoms with Gasteiger partial charge >= 0.3 is 0 Å². The van der Waals surface area contributed by atoms with Crippen molar-refractivity contribution < 1.29 is 14.2 Å². The molecular formula is C23H43IN4O3. The van der Waals surface area contributed by atoms with E-state index >= 15 is 0 Å². The number of nitrogens with one attached hydrogen (secondary N) is 2. The maximum Gasteiger partial charge on any atom is 0.191 e. The Morgan fingerprint density at radius 2 is 1.87 bits per heavy atom. The summed E-state index contributed by atoms with van der Waals surface area (Å²) < 4.78 is 17.2. The second kappa shape index (κ2) is 18.5. The van der Waals surface area contributed by atoms with Crippen LogP contribution in [-0.4, -0.2) is 77.1 Å². The van der Waals surface area contributed by atoms with Crippen LogP contribution in [0, 0.1) is 6.92 Å². The zero-order chi connectivity index (χ0) is 22.2. The Bertz CT molecular complexity index is 614. The summed E-state index contributed by atoms with van der Waals surface area (Å²) in [6.07, 6.45) is 1.13. The molecule has 1 atom stereocenters. The van der Waals surface area contributed by atoms with Gasteiger partial charge in [-0.2, -0.15) is 0 Å². The van der Waals surface area contributed by atoms with Crippen molar-refractivity contribution >= 4 is 29.9 Å². The van der Waals surface area contributed by atoms with Gasteiger partial charge in [-0.25, -0.2) is 4.99 Å². The lowest BCUT2D eigenvalue weighted by Gasteiger charge is -2.21. The van der Waals surface area contributed by atoms with Crippen molar-refractivity contribution in [1.29, 1.82) is 0 Å². The lowest BCUT2D eigenvalue weighted by molar-refractivity contribution is 0.0548. The molecule has 0 spiro atoms. The predicted molar refractivity (Wildman–Crippen MR) is 140 cm³/mol. The van der Waals surface area contributed by atoms with Crippen LogP contribution in [0.3, 0.4) is 0 Å².